The number of thioether (sulfide) groups is 1. The van der Waals surface area contributed by atoms with Gasteiger partial charge in [-0.3, -0.25) is 4.79 Å². The van der Waals surface area contributed by atoms with Crippen molar-refractivity contribution in [1.82, 2.24) is 25.6 Å². The van der Waals surface area contributed by atoms with Gasteiger partial charge in [0.1, 0.15) is 10.8 Å². The van der Waals surface area contributed by atoms with Crippen LogP contribution in [0.15, 0.2) is 81.9 Å². The molecular formula is C31H31ClN6O4S3. The van der Waals surface area contributed by atoms with E-state index in [4.69, 9.17) is 21.3 Å². The standard InChI is InChI=1S/C31H31ClN6O4S3/c1-20(2)27-18-44-30(33-27)19-43-24-7-3-6-22(16-24)31(39)34-26-15-21(8-13-28(26)42-17-29-35-37-38-36-29)5-4-14-45(40,41)25-11-9-23(32)10-12-25/h3,6-13,15-16,18,20H,4-5,14,17,19H2,1-2H3,(H,34,39)(H,35,36,37,38). The van der Waals surface area contributed by atoms with Crippen LogP contribution in [0.25, 0.3) is 0 Å². The Labute approximate surface area is 274 Å². The summed E-state index contributed by atoms with van der Waals surface area (Å²) in [4.78, 5) is 19.3. The van der Waals surface area contributed by atoms with Gasteiger partial charge < -0.3 is 10.1 Å². The van der Waals surface area contributed by atoms with Crippen LogP contribution in [0.3, 0.4) is 0 Å². The van der Waals surface area contributed by atoms with Crippen molar-refractivity contribution in [2.45, 2.75) is 54.8 Å². The molecule has 0 aliphatic rings. The molecule has 5 rings (SSSR count). The molecule has 0 atom stereocenters. The second-order valence-electron chi connectivity index (χ2n) is 10.4. The number of amides is 1. The molecule has 2 heterocycles. The number of H-pyrrole nitrogens is 1. The van der Waals surface area contributed by atoms with Crippen LogP contribution in [-0.2, 0) is 28.6 Å². The van der Waals surface area contributed by atoms with Gasteiger partial charge in [-0.1, -0.05) is 42.8 Å². The van der Waals surface area contributed by atoms with E-state index in [1.54, 1.807) is 53.4 Å². The number of hydrogen-bond acceptors (Lipinski definition) is 10. The number of nitrogens with zero attached hydrogens (tertiary/aromatic N) is 4. The molecule has 234 valence electrons. The van der Waals surface area contributed by atoms with E-state index in [1.807, 2.05) is 24.3 Å². The molecule has 0 aliphatic heterocycles. The first-order valence-corrected chi connectivity index (χ1v) is 18.0. The molecule has 3 aromatic carbocycles. The van der Waals surface area contributed by atoms with E-state index in [-0.39, 0.29) is 23.2 Å². The number of carbonyl (C=O) groups is 1. The van der Waals surface area contributed by atoms with Crippen LogP contribution in [0, 0.1) is 0 Å². The van der Waals surface area contributed by atoms with Crippen molar-refractivity contribution in [1.29, 1.82) is 0 Å². The van der Waals surface area contributed by atoms with E-state index < -0.39 is 9.84 Å². The Kier molecular flexibility index (Phi) is 10.9. The minimum absolute atomic E-state index is 0.0311. The number of halogens is 1. The fourth-order valence-corrected chi connectivity index (χ4v) is 7.66. The summed E-state index contributed by atoms with van der Waals surface area (Å²) in [5, 5.41) is 20.3. The third kappa shape index (κ3) is 9.13. The van der Waals surface area contributed by atoms with Crippen LogP contribution in [0.5, 0.6) is 5.75 Å². The van der Waals surface area contributed by atoms with Crippen LogP contribution in [0.4, 0.5) is 5.69 Å². The molecule has 0 spiro atoms. The molecule has 0 radical (unpaired) electrons. The second kappa shape index (κ2) is 15.0. The normalized spacial score (nSPS) is 11.6. The third-order valence-corrected chi connectivity index (χ3v) is 10.8. The quantitative estimate of drug-likeness (QED) is 0.119. The lowest BCUT2D eigenvalue weighted by molar-refractivity contribution is 0.102. The summed E-state index contributed by atoms with van der Waals surface area (Å²) in [7, 11) is -3.46. The predicted molar refractivity (Wildman–Crippen MR) is 177 cm³/mol. The van der Waals surface area contributed by atoms with Crippen LogP contribution in [0.2, 0.25) is 5.02 Å². The largest absolute Gasteiger partial charge is 0.483 e. The van der Waals surface area contributed by atoms with Crippen molar-refractivity contribution in [3.63, 3.8) is 0 Å². The van der Waals surface area contributed by atoms with Crippen molar-refractivity contribution in [2.24, 2.45) is 0 Å². The third-order valence-electron chi connectivity index (χ3n) is 6.71. The van der Waals surface area contributed by atoms with E-state index in [2.05, 4.69) is 45.2 Å². The predicted octanol–water partition coefficient (Wildman–Crippen LogP) is 6.96. The van der Waals surface area contributed by atoms with Crippen molar-refractivity contribution < 1.29 is 17.9 Å². The molecule has 0 bridgehead atoms. The monoisotopic (exact) mass is 682 g/mol. The van der Waals surface area contributed by atoms with Gasteiger partial charge >= 0.3 is 0 Å². The number of benzene rings is 3. The zero-order valence-electron chi connectivity index (χ0n) is 24.6. The van der Waals surface area contributed by atoms with Gasteiger partial charge in [-0.2, -0.15) is 5.21 Å². The molecule has 0 fully saturated rings. The molecule has 0 saturated carbocycles. The highest BCUT2D eigenvalue weighted by Gasteiger charge is 2.16. The van der Waals surface area contributed by atoms with Gasteiger partial charge in [0.2, 0.25) is 5.82 Å². The number of ether oxygens (including phenoxy) is 1. The molecular weight excluding hydrogens is 652 g/mol. The fraction of sp³-hybridized carbons (Fsp3) is 0.258. The first-order valence-electron chi connectivity index (χ1n) is 14.1. The highest BCUT2D eigenvalue weighted by atomic mass is 35.5. The van der Waals surface area contributed by atoms with Crippen molar-refractivity contribution in [2.75, 3.05) is 11.1 Å². The summed E-state index contributed by atoms with van der Waals surface area (Å²) < 4.78 is 31.5. The van der Waals surface area contributed by atoms with E-state index in [9.17, 15) is 13.2 Å². The first-order chi connectivity index (χ1) is 21.7. The van der Waals surface area contributed by atoms with E-state index in [1.165, 1.54) is 12.1 Å². The lowest BCUT2D eigenvalue weighted by Gasteiger charge is -2.14. The number of tetrazole rings is 1. The topological polar surface area (TPSA) is 140 Å². The van der Waals surface area contributed by atoms with E-state index in [0.29, 0.717) is 52.4 Å². The van der Waals surface area contributed by atoms with Crippen molar-refractivity contribution in [3.05, 3.63) is 105 Å². The van der Waals surface area contributed by atoms with Crippen molar-refractivity contribution in [3.8, 4) is 5.75 Å². The number of anilines is 1. The molecule has 0 aliphatic carbocycles. The van der Waals surface area contributed by atoms with Gasteiger partial charge in [-0.15, -0.1) is 33.3 Å². The van der Waals surface area contributed by atoms with Crippen LogP contribution in [-0.4, -0.2) is 45.7 Å². The summed E-state index contributed by atoms with van der Waals surface area (Å²) in [5.74, 6) is 1.54. The molecule has 0 saturated heterocycles. The minimum atomic E-state index is -3.46. The van der Waals surface area contributed by atoms with Crippen LogP contribution >= 0.6 is 34.7 Å². The number of aromatic amines is 1. The zero-order valence-corrected chi connectivity index (χ0v) is 27.8. The van der Waals surface area contributed by atoms with Gasteiger partial charge in [0, 0.05) is 20.9 Å². The van der Waals surface area contributed by atoms with Gasteiger partial charge in [0.05, 0.1) is 27.8 Å². The summed E-state index contributed by atoms with van der Waals surface area (Å²) in [5.41, 5.74) is 2.87. The van der Waals surface area contributed by atoms with Crippen LogP contribution < -0.4 is 10.1 Å². The molecule has 10 nitrogen and oxygen atoms in total. The number of sulfone groups is 1. The van der Waals surface area contributed by atoms with Gasteiger partial charge in [-0.05, 0) is 78.9 Å². The molecule has 14 heteroatoms. The Balaban J connectivity index is 1.27. The Morgan fingerprint density at radius 2 is 1.93 bits per heavy atom. The summed E-state index contributed by atoms with van der Waals surface area (Å²) >= 11 is 9.17. The summed E-state index contributed by atoms with van der Waals surface area (Å²) in [6.07, 6.45) is 0.862. The number of rotatable bonds is 14. The number of aryl methyl sites for hydroxylation is 1. The Morgan fingerprint density at radius 3 is 2.67 bits per heavy atom. The maximum Gasteiger partial charge on any atom is 0.255 e. The number of thiazole rings is 1. The average molecular weight is 683 g/mol. The van der Waals surface area contributed by atoms with E-state index >= 15 is 0 Å². The lowest BCUT2D eigenvalue weighted by atomic mass is 10.1. The summed E-state index contributed by atoms with van der Waals surface area (Å²) in [6, 6.07) is 19.0. The number of carbonyl (C=O) groups excluding carboxylic acids is 1. The van der Waals surface area contributed by atoms with Gasteiger partial charge in [0.15, 0.2) is 16.4 Å². The minimum Gasteiger partial charge on any atom is -0.483 e. The maximum atomic E-state index is 13.4. The Morgan fingerprint density at radius 1 is 1.11 bits per heavy atom. The average Bonchev–Trinajstić information content (AvgIpc) is 3.73. The lowest BCUT2D eigenvalue weighted by Crippen LogP contribution is -2.13. The van der Waals surface area contributed by atoms with E-state index in [0.717, 1.165) is 21.2 Å². The molecule has 2 aromatic heterocycles. The molecule has 0 unspecified atom stereocenters. The molecule has 2 N–H and O–H groups in total. The highest BCUT2D eigenvalue weighted by molar-refractivity contribution is 7.98. The molecule has 45 heavy (non-hydrogen) atoms. The van der Waals surface area contributed by atoms with Gasteiger partial charge in [-0.25, -0.2) is 13.4 Å². The second-order valence-corrected chi connectivity index (χ2v) is 15.0. The zero-order chi connectivity index (χ0) is 31.8. The highest BCUT2D eigenvalue weighted by Crippen LogP contribution is 2.30. The number of aromatic nitrogens is 5. The molecule has 5 aromatic rings. The first kappa shape index (κ1) is 32.6. The summed E-state index contributed by atoms with van der Waals surface area (Å²) in [6.45, 7) is 4.29. The maximum absolute atomic E-state index is 13.4. The smallest absolute Gasteiger partial charge is 0.255 e. The van der Waals surface area contributed by atoms with Crippen LogP contribution in [0.1, 0.15) is 58.6 Å². The Bertz CT molecular complexity index is 1850. The molecule has 1 amide bonds. The fourth-order valence-electron chi connectivity index (χ4n) is 4.29. The Hall–Kier alpha value is -3.78. The van der Waals surface area contributed by atoms with Crippen molar-refractivity contribution >= 4 is 56.1 Å². The van der Waals surface area contributed by atoms with Gasteiger partial charge in [0.25, 0.3) is 5.91 Å². The number of nitrogens with one attached hydrogen (secondary N) is 2. The number of hydrogen-bond donors (Lipinski definition) is 2. The SMILES string of the molecule is CC(C)c1csc(CSc2cccc(C(=O)Nc3cc(CCCS(=O)(=O)c4ccc(Cl)cc4)ccc3OCc3nn[nH]n3)c2)n1.